The Labute approximate surface area is 170 Å². The fourth-order valence-electron chi connectivity index (χ4n) is 2.88. The van der Waals surface area contributed by atoms with Gasteiger partial charge in [-0.1, -0.05) is 17.3 Å². The monoisotopic (exact) mass is 407 g/mol. The van der Waals surface area contributed by atoms with Crippen molar-refractivity contribution in [2.45, 2.75) is 17.4 Å². The molecule has 1 atom stereocenters. The van der Waals surface area contributed by atoms with Crippen LogP contribution in [0.1, 0.15) is 5.56 Å². The summed E-state index contributed by atoms with van der Waals surface area (Å²) < 4.78 is 0. The van der Waals surface area contributed by atoms with Gasteiger partial charge < -0.3 is 17.2 Å². The predicted octanol–water partition coefficient (Wildman–Crippen LogP) is -0.0560. The maximum atomic E-state index is 11.4. The Morgan fingerprint density at radius 1 is 1.18 bits per heavy atom. The molecule has 0 aromatic heterocycles. The molecular formula is C18H29N7O2S. The Balaban J connectivity index is 2.59. The number of nitroso groups, excluding NO2 is 1. The first-order valence-electron chi connectivity index (χ1n) is 9.11. The van der Waals surface area contributed by atoms with E-state index >= 15 is 0 Å². The topological polar surface area (TPSA) is 155 Å². The maximum Gasteiger partial charge on any atom is 0.231 e. The first-order valence-corrected chi connectivity index (χ1v) is 9.92. The highest BCUT2D eigenvalue weighted by Crippen LogP contribution is 2.17. The summed E-state index contributed by atoms with van der Waals surface area (Å²) in [4.78, 5) is 26.6. The lowest BCUT2D eigenvalue weighted by atomic mass is 10.1. The first kappa shape index (κ1) is 24.0. The lowest BCUT2D eigenvalue weighted by molar-refractivity contribution is -0.119. The molecule has 0 saturated heterocycles. The number of carbonyl (C=O) groups is 1. The van der Waals surface area contributed by atoms with E-state index in [2.05, 4.69) is 5.18 Å². The van der Waals surface area contributed by atoms with Gasteiger partial charge in [-0.2, -0.15) is 10.2 Å². The number of primary amides is 1. The van der Waals surface area contributed by atoms with Crippen molar-refractivity contribution in [2.75, 3.05) is 52.4 Å². The number of nitriles is 1. The van der Waals surface area contributed by atoms with Gasteiger partial charge in [-0.15, -0.1) is 0 Å². The van der Waals surface area contributed by atoms with Crippen LogP contribution in [-0.4, -0.2) is 74.1 Å². The Morgan fingerprint density at radius 2 is 1.86 bits per heavy atom. The molecule has 6 N–H and O–H groups in total. The molecule has 0 heterocycles. The molecule has 0 aliphatic heterocycles. The van der Waals surface area contributed by atoms with Crippen LogP contribution in [0.15, 0.2) is 34.3 Å². The van der Waals surface area contributed by atoms with Gasteiger partial charge in [0.2, 0.25) is 5.91 Å². The molecule has 28 heavy (non-hydrogen) atoms. The predicted molar refractivity (Wildman–Crippen MR) is 111 cm³/mol. The highest BCUT2D eigenvalue weighted by Gasteiger charge is 2.15. The molecule has 0 fully saturated rings. The number of nitrogens with zero attached hydrogens (tertiary/aromatic N) is 4. The average Bonchev–Trinajstić information content (AvgIpc) is 2.65. The van der Waals surface area contributed by atoms with Crippen molar-refractivity contribution in [1.82, 2.24) is 9.80 Å². The number of thioether (sulfide) groups is 1. The fraction of sp³-hybridized carbons (Fsp3) is 0.556. The van der Waals surface area contributed by atoms with Crippen LogP contribution in [-0.2, 0) is 11.2 Å². The zero-order valence-corrected chi connectivity index (χ0v) is 16.8. The second-order valence-electron chi connectivity index (χ2n) is 6.49. The number of carbonyl (C=O) groups excluding carboxylic acids is 1. The molecule has 1 amide bonds. The van der Waals surface area contributed by atoms with Crippen molar-refractivity contribution in [1.29, 1.82) is 5.26 Å². The molecular weight excluding hydrogens is 378 g/mol. The SMILES string of the molecule is N#CSc1ccc(CC(N)CN(CCN(CCN)CCN=O)CC(N)=O)cc1. The van der Waals surface area contributed by atoms with E-state index in [1.807, 2.05) is 39.5 Å². The van der Waals surface area contributed by atoms with Crippen LogP contribution in [0.4, 0.5) is 0 Å². The number of benzene rings is 1. The smallest absolute Gasteiger partial charge is 0.231 e. The summed E-state index contributed by atoms with van der Waals surface area (Å²) in [6.45, 7) is 3.74. The Bertz CT molecular complexity index is 636. The summed E-state index contributed by atoms with van der Waals surface area (Å²) in [6.07, 6.45) is 0.647. The molecule has 0 aliphatic carbocycles. The zero-order chi connectivity index (χ0) is 20.8. The lowest BCUT2D eigenvalue weighted by Crippen LogP contribution is -2.46. The molecule has 10 heteroatoms. The average molecular weight is 408 g/mol. The largest absolute Gasteiger partial charge is 0.369 e. The van der Waals surface area contributed by atoms with E-state index in [0.717, 1.165) is 22.2 Å². The minimum absolute atomic E-state index is 0.119. The van der Waals surface area contributed by atoms with Gasteiger partial charge in [0, 0.05) is 50.2 Å². The Morgan fingerprint density at radius 3 is 2.43 bits per heavy atom. The van der Waals surface area contributed by atoms with Crippen LogP contribution in [0.25, 0.3) is 0 Å². The molecule has 1 unspecified atom stereocenters. The van der Waals surface area contributed by atoms with Gasteiger partial charge in [0.05, 0.1) is 13.1 Å². The van der Waals surface area contributed by atoms with Gasteiger partial charge in [-0.3, -0.25) is 14.6 Å². The van der Waals surface area contributed by atoms with E-state index in [4.69, 9.17) is 22.5 Å². The molecule has 0 spiro atoms. The van der Waals surface area contributed by atoms with Crippen LogP contribution < -0.4 is 17.2 Å². The first-order chi connectivity index (χ1) is 13.5. The zero-order valence-electron chi connectivity index (χ0n) is 16.0. The minimum atomic E-state index is -0.412. The van der Waals surface area contributed by atoms with Crippen LogP contribution >= 0.6 is 11.8 Å². The van der Waals surface area contributed by atoms with Gasteiger partial charge >= 0.3 is 0 Å². The summed E-state index contributed by atoms with van der Waals surface area (Å²) in [5.74, 6) is -0.412. The third-order valence-corrected chi connectivity index (χ3v) is 4.74. The van der Waals surface area contributed by atoms with Gasteiger partial charge in [0.15, 0.2) is 0 Å². The van der Waals surface area contributed by atoms with Crippen LogP contribution in [0.3, 0.4) is 0 Å². The third kappa shape index (κ3) is 10.3. The van der Waals surface area contributed by atoms with E-state index in [1.54, 1.807) is 0 Å². The normalized spacial score (nSPS) is 12.1. The summed E-state index contributed by atoms with van der Waals surface area (Å²) in [7, 11) is 0. The van der Waals surface area contributed by atoms with E-state index in [1.165, 1.54) is 0 Å². The summed E-state index contributed by atoms with van der Waals surface area (Å²) in [5, 5.41) is 13.6. The lowest BCUT2D eigenvalue weighted by Gasteiger charge is -2.28. The molecule has 1 aromatic rings. The van der Waals surface area contributed by atoms with Crippen molar-refractivity contribution in [3.63, 3.8) is 0 Å². The molecule has 0 radical (unpaired) electrons. The number of amides is 1. The van der Waals surface area contributed by atoms with E-state index < -0.39 is 5.91 Å². The Hall–Kier alpha value is -2.03. The van der Waals surface area contributed by atoms with E-state index in [0.29, 0.717) is 45.7 Å². The van der Waals surface area contributed by atoms with Crippen LogP contribution in [0.5, 0.6) is 0 Å². The number of hydrogen-bond acceptors (Lipinski definition) is 9. The summed E-state index contributed by atoms with van der Waals surface area (Å²) in [6, 6.07) is 7.51. The van der Waals surface area contributed by atoms with Gasteiger partial charge in [-0.25, -0.2) is 0 Å². The minimum Gasteiger partial charge on any atom is -0.369 e. The molecule has 1 rings (SSSR count). The summed E-state index contributed by atoms with van der Waals surface area (Å²) in [5.41, 5.74) is 18.3. The number of nitrogens with two attached hydrogens (primary N) is 3. The van der Waals surface area contributed by atoms with Crippen molar-refractivity contribution >= 4 is 17.7 Å². The molecule has 0 saturated carbocycles. The third-order valence-electron chi connectivity index (χ3n) is 4.14. The highest BCUT2D eigenvalue weighted by atomic mass is 32.2. The van der Waals surface area contributed by atoms with Crippen molar-refractivity contribution in [2.24, 2.45) is 22.4 Å². The van der Waals surface area contributed by atoms with Gasteiger partial charge in [-0.05, 0) is 35.9 Å². The van der Waals surface area contributed by atoms with Crippen molar-refractivity contribution < 1.29 is 4.79 Å². The second kappa shape index (κ2) is 14.0. The fourth-order valence-corrected chi connectivity index (χ4v) is 3.26. The van der Waals surface area contributed by atoms with Crippen LogP contribution in [0, 0.1) is 15.6 Å². The second-order valence-corrected chi connectivity index (χ2v) is 7.34. The highest BCUT2D eigenvalue weighted by molar-refractivity contribution is 8.03. The molecule has 0 bridgehead atoms. The molecule has 0 aliphatic rings. The van der Waals surface area contributed by atoms with Crippen molar-refractivity contribution in [3.05, 3.63) is 34.7 Å². The van der Waals surface area contributed by atoms with Crippen molar-refractivity contribution in [3.8, 4) is 5.40 Å². The Kier molecular flexibility index (Phi) is 12.0. The van der Waals surface area contributed by atoms with E-state index in [9.17, 15) is 9.70 Å². The van der Waals surface area contributed by atoms with Gasteiger partial charge in [0.1, 0.15) is 5.40 Å². The number of hydrogen-bond donors (Lipinski definition) is 3. The van der Waals surface area contributed by atoms with Crippen LogP contribution in [0.2, 0.25) is 0 Å². The standard InChI is InChI=1S/C18H29N7O2S/c19-5-7-24(8-6-23-27)9-10-25(13-18(22)26)12-16(21)11-15-1-3-17(4-2-15)28-14-20/h1-4,16H,5-13,19,21H2,(H2,22,26). The maximum absolute atomic E-state index is 11.4. The summed E-state index contributed by atoms with van der Waals surface area (Å²) >= 11 is 1.11. The molecule has 9 nitrogen and oxygen atoms in total. The van der Waals surface area contributed by atoms with E-state index in [-0.39, 0.29) is 19.1 Å². The number of rotatable bonds is 15. The number of thiocyanates is 1. The molecule has 154 valence electrons. The molecule has 1 aromatic carbocycles. The van der Waals surface area contributed by atoms with Gasteiger partial charge in [0.25, 0.3) is 0 Å². The quantitative estimate of drug-likeness (QED) is 0.207.